The summed E-state index contributed by atoms with van der Waals surface area (Å²) < 4.78 is 0. The highest BCUT2D eigenvalue weighted by Crippen LogP contribution is 1.54. The number of carbonyl (C=O) groups excluding carboxylic acids is 3. The van der Waals surface area contributed by atoms with Crippen LogP contribution in [-0.2, 0) is 14.4 Å². The molecule has 0 atom stereocenters. The molecule has 0 aromatic heterocycles. The van der Waals surface area contributed by atoms with Crippen LogP contribution in [0.4, 0.5) is 0 Å². The molecule has 0 amide bonds. The van der Waals surface area contributed by atoms with Gasteiger partial charge in [-0.25, -0.2) is 0 Å². The van der Waals surface area contributed by atoms with Gasteiger partial charge in [0.05, 0.1) is 0 Å². The van der Waals surface area contributed by atoms with Gasteiger partial charge in [0.2, 0.25) is 0 Å². The summed E-state index contributed by atoms with van der Waals surface area (Å²) in [5.41, 5.74) is 0. The van der Waals surface area contributed by atoms with E-state index >= 15 is 0 Å². The molecule has 0 rings (SSSR count). The summed E-state index contributed by atoms with van der Waals surface area (Å²) in [5, 5.41) is 0. The van der Waals surface area contributed by atoms with Crippen LogP contribution in [0.3, 0.4) is 0 Å². The Labute approximate surface area is 74.2 Å². The van der Waals surface area contributed by atoms with Gasteiger partial charge in [-0.1, -0.05) is 20.8 Å². The van der Waals surface area contributed by atoms with Crippen molar-refractivity contribution in [3.8, 4) is 0 Å². The van der Waals surface area contributed by atoms with Crippen molar-refractivity contribution in [1.82, 2.24) is 0 Å². The maximum atomic E-state index is 9.17. The zero-order valence-electron chi connectivity index (χ0n) is 8.08. The Bertz CT molecular complexity index is 70.8. The summed E-state index contributed by atoms with van der Waals surface area (Å²) in [5.74, 6) is 0. The monoisotopic (exact) mass is 174 g/mol. The zero-order chi connectivity index (χ0) is 10.2. The SMILES string of the molecule is CCC=O.CCC=O.CCC=O. The predicted molar refractivity (Wildman–Crippen MR) is 49.1 cm³/mol. The van der Waals surface area contributed by atoms with Gasteiger partial charge in [-0.05, 0) is 0 Å². The van der Waals surface area contributed by atoms with E-state index in [0.29, 0.717) is 19.3 Å². The third kappa shape index (κ3) is 143. The number of hydrogen-bond donors (Lipinski definition) is 0. The van der Waals surface area contributed by atoms with Crippen molar-refractivity contribution in [3.63, 3.8) is 0 Å². The Morgan fingerprint density at radius 1 is 0.667 bits per heavy atom. The van der Waals surface area contributed by atoms with Crippen molar-refractivity contribution in [2.24, 2.45) is 0 Å². The van der Waals surface area contributed by atoms with E-state index in [-0.39, 0.29) is 0 Å². The minimum atomic E-state index is 0.639. The van der Waals surface area contributed by atoms with E-state index in [2.05, 4.69) is 0 Å². The van der Waals surface area contributed by atoms with E-state index in [1.54, 1.807) is 0 Å². The normalized spacial score (nSPS) is 6.25. The molecule has 0 N–H and O–H groups in total. The predicted octanol–water partition coefficient (Wildman–Crippen LogP) is 1.79. The topological polar surface area (TPSA) is 51.2 Å². The van der Waals surface area contributed by atoms with E-state index in [4.69, 9.17) is 0 Å². The third-order valence-corrected chi connectivity index (χ3v) is 0.500. The molecule has 0 unspecified atom stereocenters. The number of carbonyl (C=O) groups is 3. The molecular formula is C9H18O3. The van der Waals surface area contributed by atoms with Crippen LogP contribution in [0.25, 0.3) is 0 Å². The molecule has 0 aliphatic rings. The lowest BCUT2D eigenvalue weighted by Crippen LogP contribution is -1.55. The molecule has 0 aliphatic heterocycles. The first-order chi connectivity index (χ1) is 5.74. The third-order valence-electron chi connectivity index (χ3n) is 0.500. The van der Waals surface area contributed by atoms with Gasteiger partial charge < -0.3 is 14.4 Å². The Morgan fingerprint density at radius 2 is 0.750 bits per heavy atom. The van der Waals surface area contributed by atoms with Crippen molar-refractivity contribution in [2.75, 3.05) is 0 Å². The van der Waals surface area contributed by atoms with Crippen molar-refractivity contribution in [2.45, 2.75) is 40.0 Å². The Balaban J connectivity index is -0.000000101. The second-order valence-electron chi connectivity index (χ2n) is 1.72. The van der Waals surface area contributed by atoms with E-state index in [1.165, 1.54) is 0 Å². The highest BCUT2D eigenvalue weighted by molar-refractivity contribution is 5.48. The second kappa shape index (κ2) is 32.4. The lowest BCUT2D eigenvalue weighted by molar-refractivity contribution is -0.108. The smallest absolute Gasteiger partial charge is 0.119 e. The molecule has 12 heavy (non-hydrogen) atoms. The maximum absolute atomic E-state index is 9.17. The van der Waals surface area contributed by atoms with Crippen LogP contribution in [0.5, 0.6) is 0 Å². The summed E-state index contributed by atoms with van der Waals surface area (Å²) in [4.78, 5) is 27.5. The first-order valence-corrected chi connectivity index (χ1v) is 4.05. The first-order valence-electron chi connectivity index (χ1n) is 4.05. The van der Waals surface area contributed by atoms with Gasteiger partial charge in [0.15, 0.2) is 0 Å². The molecule has 0 spiro atoms. The number of rotatable bonds is 3. The van der Waals surface area contributed by atoms with E-state index in [1.807, 2.05) is 20.8 Å². The quantitative estimate of drug-likeness (QED) is 0.613. The van der Waals surface area contributed by atoms with Gasteiger partial charge in [-0.3, -0.25) is 0 Å². The van der Waals surface area contributed by atoms with Gasteiger partial charge >= 0.3 is 0 Å². The van der Waals surface area contributed by atoms with Crippen LogP contribution in [0.15, 0.2) is 0 Å². The van der Waals surface area contributed by atoms with Crippen LogP contribution in [-0.4, -0.2) is 18.9 Å². The molecule has 0 aliphatic carbocycles. The molecule has 0 heterocycles. The van der Waals surface area contributed by atoms with Crippen LogP contribution >= 0.6 is 0 Å². The summed E-state index contributed by atoms with van der Waals surface area (Å²) >= 11 is 0. The van der Waals surface area contributed by atoms with Crippen LogP contribution in [0.2, 0.25) is 0 Å². The summed E-state index contributed by atoms with van der Waals surface area (Å²) in [6.45, 7) is 5.44. The molecule has 72 valence electrons. The fourth-order valence-electron chi connectivity index (χ4n) is 0. The summed E-state index contributed by atoms with van der Waals surface area (Å²) in [6.07, 6.45) is 4.54. The Morgan fingerprint density at radius 3 is 0.750 bits per heavy atom. The van der Waals surface area contributed by atoms with Gasteiger partial charge in [0.1, 0.15) is 18.9 Å². The van der Waals surface area contributed by atoms with E-state index < -0.39 is 0 Å². The van der Waals surface area contributed by atoms with Crippen LogP contribution in [0.1, 0.15) is 40.0 Å². The second-order valence-corrected chi connectivity index (χ2v) is 1.72. The molecule has 0 aromatic rings. The van der Waals surface area contributed by atoms with E-state index in [9.17, 15) is 14.4 Å². The Hall–Kier alpha value is -0.990. The molecule has 0 bridgehead atoms. The molecule has 0 fully saturated rings. The summed E-state index contributed by atoms with van der Waals surface area (Å²) in [6, 6.07) is 0. The van der Waals surface area contributed by atoms with Crippen LogP contribution in [0, 0.1) is 0 Å². The highest BCUT2D eigenvalue weighted by Gasteiger charge is 1.53. The van der Waals surface area contributed by atoms with E-state index in [0.717, 1.165) is 18.9 Å². The molecule has 0 radical (unpaired) electrons. The molecule has 3 heteroatoms. The molecular weight excluding hydrogens is 156 g/mol. The highest BCUT2D eigenvalue weighted by atomic mass is 16.1. The summed E-state index contributed by atoms with van der Waals surface area (Å²) in [7, 11) is 0. The van der Waals surface area contributed by atoms with Crippen molar-refractivity contribution in [1.29, 1.82) is 0 Å². The fraction of sp³-hybridized carbons (Fsp3) is 0.667. The van der Waals surface area contributed by atoms with Gasteiger partial charge in [0, 0.05) is 19.3 Å². The van der Waals surface area contributed by atoms with Crippen molar-refractivity contribution < 1.29 is 14.4 Å². The largest absolute Gasteiger partial charge is 0.303 e. The van der Waals surface area contributed by atoms with Gasteiger partial charge in [-0.15, -0.1) is 0 Å². The fourth-order valence-corrected chi connectivity index (χ4v) is 0. The minimum absolute atomic E-state index is 0.639. The molecule has 0 aromatic carbocycles. The zero-order valence-corrected chi connectivity index (χ0v) is 8.08. The van der Waals surface area contributed by atoms with Crippen molar-refractivity contribution >= 4 is 18.9 Å². The van der Waals surface area contributed by atoms with Gasteiger partial charge in [0.25, 0.3) is 0 Å². The average Bonchev–Trinajstić information content (AvgIpc) is 2.18. The molecule has 3 nitrogen and oxygen atoms in total. The van der Waals surface area contributed by atoms with Gasteiger partial charge in [-0.2, -0.15) is 0 Å². The van der Waals surface area contributed by atoms with Crippen molar-refractivity contribution in [3.05, 3.63) is 0 Å². The average molecular weight is 174 g/mol. The van der Waals surface area contributed by atoms with Crippen LogP contribution < -0.4 is 0 Å². The minimum Gasteiger partial charge on any atom is -0.303 e. The first kappa shape index (κ1) is 17.2. The number of hydrogen-bond acceptors (Lipinski definition) is 3. The molecule has 0 saturated heterocycles. The lowest BCUT2D eigenvalue weighted by atomic mass is 10.6. The standard InChI is InChI=1S/3C3H6O/c3*1-2-3-4/h3*3H,2H2,1H3. The Kier molecular flexibility index (Phi) is 46.4. The maximum Gasteiger partial charge on any atom is 0.119 e. The number of aldehydes is 3. The molecule has 0 saturated carbocycles. The lowest BCUT2D eigenvalue weighted by Gasteiger charge is -1.51.